The number of hydrogen-bond donors (Lipinski definition) is 1. The molecule has 0 radical (unpaired) electrons. The Morgan fingerprint density at radius 3 is 2.60 bits per heavy atom. The first-order chi connectivity index (χ1) is 9.47. The predicted octanol–water partition coefficient (Wildman–Crippen LogP) is 0.338. The summed E-state index contributed by atoms with van der Waals surface area (Å²) in [5, 5.41) is 9.88. The number of nitrogens with zero attached hydrogens (tertiary/aromatic N) is 2. The molecule has 2 rings (SSSR count). The van der Waals surface area contributed by atoms with Gasteiger partial charge in [0.15, 0.2) is 6.61 Å². The quantitative estimate of drug-likeness (QED) is 0.865. The molecule has 0 aliphatic carbocycles. The van der Waals surface area contributed by atoms with E-state index >= 15 is 0 Å². The highest BCUT2D eigenvalue weighted by atomic mass is 19.1. The number of carbonyl (C=O) groups excluding carboxylic acids is 1. The van der Waals surface area contributed by atoms with E-state index < -0.39 is 6.10 Å². The number of carbonyl (C=O) groups is 1. The zero-order valence-electron chi connectivity index (χ0n) is 11.6. The molecular weight excluding hydrogens is 263 g/mol. The van der Waals surface area contributed by atoms with Gasteiger partial charge in [-0.05, 0) is 38.4 Å². The van der Waals surface area contributed by atoms with Crippen molar-refractivity contribution in [3.63, 3.8) is 0 Å². The summed E-state index contributed by atoms with van der Waals surface area (Å²) in [6.45, 7) is 0.687. The summed E-state index contributed by atoms with van der Waals surface area (Å²) < 4.78 is 18.0. The fourth-order valence-corrected chi connectivity index (χ4v) is 2.25. The number of β-amino-alcohol motifs (C(OH)–C–C–N with tert-alkyl or cyclic N) is 1. The Kier molecular flexibility index (Phi) is 4.57. The molecule has 2 atom stereocenters. The second-order valence-corrected chi connectivity index (χ2v) is 5.14. The molecule has 1 N–H and O–H groups in total. The number of likely N-dealkylation sites (N-methyl/N-ethyl adjacent to an activating group) is 1. The van der Waals surface area contributed by atoms with Crippen molar-refractivity contribution < 1.29 is 19.0 Å². The van der Waals surface area contributed by atoms with Crippen LogP contribution in [0.3, 0.4) is 0 Å². The van der Waals surface area contributed by atoms with Crippen molar-refractivity contribution in [2.75, 3.05) is 33.8 Å². The minimum absolute atomic E-state index is 0.0511. The minimum atomic E-state index is -0.542. The van der Waals surface area contributed by atoms with E-state index in [1.807, 2.05) is 19.0 Å². The number of halogens is 1. The normalized spacial score (nSPS) is 22.4. The van der Waals surface area contributed by atoms with Crippen molar-refractivity contribution in [1.82, 2.24) is 9.80 Å². The average molecular weight is 282 g/mol. The summed E-state index contributed by atoms with van der Waals surface area (Å²) in [5.41, 5.74) is 0. The van der Waals surface area contributed by atoms with E-state index in [1.54, 1.807) is 4.90 Å². The maximum Gasteiger partial charge on any atom is 0.260 e. The summed E-state index contributed by atoms with van der Waals surface area (Å²) in [6.07, 6.45) is -0.542. The Morgan fingerprint density at radius 1 is 1.40 bits per heavy atom. The Morgan fingerprint density at radius 2 is 2.05 bits per heavy atom. The van der Waals surface area contributed by atoms with Crippen LogP contribution in [-0.4, -0.2) is 66.8 Å². The van der Waals surface area contributed by atoms with Gasteiger partial charge in [0.2, 0.25) is 0 Å². The molecule has 5 nitrogen and oxygen atoms in total. The Hall–Kier alpha value is -1.66. The summed E-state index contributed by atoms with van der Waals surface area (Å²) >= 11 is 0. The molecule has 1 aliphatic rings. The largest absolute Gasteiger partial charge is 0.484 e. The highest BCUT2D eigenvalue weighted by Gasteiger charge is 2.35. The molecule has 6 heteroatoms. The van der Waals surface area contributed by atoms with Crippen LogP contribution >= 0.6 is 0 Å². The van der Waals surface area contributed by atoms with Gasteiger partial charge in [-0.2, -0.15) is 0 Å². The number of aliphatic hydroxyl groups is 1. The topological polar surface area (TPSA) is 53.0 Å². The standard InChI is InChI=1S/C14H19FN2O3/c1-16(2)12-7-17(8-13(12)18)14(19)9-20-11-5-3-10(15)4-6-11/h3-6,12-13,18H,7-9H2,1-2H3/t12-,13-/m1/s1. The lowest BCUT2D eigenvalue weighted by molar-refractivity contribution is -0.132. The van der Waals surface area contributed by atoms with Crippen molar-refractivity contribution in [3.8, 4) is 5.75 Å². The van der Waals surface area contributed by atoms with Crippen molar-refractivity contribution >= 4 is 5.91 Å². The van der Waals surface area contributed by atoms with E-state index in [1.165, 1.54) is 24.3 Å². The third-order valence-electron chi connectivity index (χ3n) is 3.45. The summed E-state index contributed by atoms with van der Waals surface area (Å²) in [7, 11) is 3.74. The first-order valence-corrected chi connectivity index (χ1v) is 6.48. The first kappa shape index (κ1) is 14.7. The molecule has 1 heterocycles. The number of aliphatic hydroxyl groups excluding tert-OH is 1. The summed E-state index contributed by atoms with van der Waals surface area (Å²) in [5.74, 6) is -0.0819. The van der Waals surface area contributed by atoms with E-state index in [0.29, 0.717) is 18.8 Å². The maximum absolute atomic E-state index is 12.7. The van der Waals surface area contributed by atoms with Gasteiger partial charge in [-0.1, -0.05) is 0 Å². The third kappa shape index (κ3) is 3.46. The van der Waals surface area contributed by atoms with Crippen LogP contribution in [0.4, 0.5) is 4.39 Å². The van der Waals surface area contributed by atoms with Crippen LogP contribution in [0.15, 0.2) is 24.3 Å². The number of hydrogen-bond acceptors (Lipinski definition) is 4. The molecule has 0 bridgehead atoms. The number of amides is 1. The van der Waals surface area contributed by atoms with Crippen LogP contribution in [0, 0.1) is 5.82 Å². The lowest BCUT2D eigenvalue weighted by Crippen LogP contribution is -2.38. The van der Waals surface area contributed by atoms with Gasteiger partial charge in [0.05, 0.1) is 12.1 Å². The second-order valence-electron chi connectivity index (χ2n) is 5.14. The molecular formula is C14H19FN2O3. The number of benzene rings is 1. The van der Waals surface area contributed by atoms with Gasteiger partial charge in [0.1, 0.15) is 11.6 Å². The highest BCUT2D eigenvalue weighted by molar-refractivity contribution is 5.78. The van der Waals surface area contributed by atoms with E-state index in [0.717, 1.165) is 0 Å². The van der Waals surface area contributed by atoms with Gasteiger partial charge in [-0.15, -0.1) is 0 Å². The maximum atomic E-state index is 12.7. The van der Waals surface area contributed by atoms with Crippen LogP contribution in [-0.2, 0) is 4.79 Å². The van der Waals surface area contributed by atoms with Gasteiger partial charge in [-0.3, -0.25) is 4.79 Å². The van der Waals surface area contributed by atoms with Crippen molar-refractivity contribution in [1.29, 1.82) is 0 Å². The lowest BCUT2D eigenvalue weighted by atomic mass is 10.2. The SMILES string of the molecule is CN(C)[C@@H]1CN(C(=O)COc2ccc(F)cc2)C[C@H]1O. The van der Waals surface area contributed by atoms with Gasteiger partial charge in [0, 0.05) is 13.1 Å². The highest BCUT2D eigenvalue weighted by Crippen LogP contribution is 2.15. The molecule has 0 saturated carbocycles. The second kappa shape index (κ2) is 6.19. The molecule has 1 fully saturated rings. The first-order valence-electron chi connectivity index (χ1n) is 6.48. The third-order valence-corrected chi connectivity index (χ3v) is 3.45. The smallest absolute Gasteiger partial charge is 0.260 e. The van der Waals surface area contributed by atoms with Crippen LogP contribution < -0.4 is 4.74 Å². The van der Waals surface area contributed by atoms with Crippen molar-refractivity contribution in [2.24, 2.45) is 0 Å². The summed E-state index contributed by atoms with van der Waals surface area (Å²) in [4.78, 5) is 15.5. The van der Waals surface area contributed by atoms with Crippen LogP contribution in [0.2, 0.25) is 0 Å². The molecule has 0 spiro atoms. The predicted molar refractivity (Wildman–Crippen MR) is 72.0 cm³/mol. The number of likely N-dealkylation sites (tertiary alicyclic amines) is 1. The van der Waals surface area contributed by atoms with Crippen molar-refractivity contribution in [2.45, 2.75) is 12.1 Å². The monoisotopic (exact) mass is 282 g/mol. The number of ether oxygens (including phenoxy) is 1. The van der Waals surface area contributed by atoms with Gasteiger partial charge < -0.3 is 19.6 Å². The van der Waals surface area contributed by atoms with E-state index in [4.69, 9.17) is 4.74 Å². The zero-order chi connectivity index (χ0) is 14.7. The zero-order valence-corrected chi connectivity index (χ0v) is 11.6. The number of rotatable bonds is 4. The lowest BCUT2D eigenvalue weighted by Gasteiger charge is -2.21. The molecule has 1 amide bonds. The van der Waals surface area contributed by atoms with Gasteiger partial charge in [0.25, 0.3) is 5.91 Å². The molecule has 1 saturated heterocycles. The molecule has 110 valence electrons. The van der Waals surface area contributed by atoms with E-state index in [9.17, 15) is 14.3 Å². The van der Waals surface area contributed by atoms with Crippen LogP contribution in [0.1, 0.15) is 0 Å². The van der Waals surface area contributed by atoms with Gasteiger partial charge in [-0.25, -0.2) is 4.39 Å². The molecule has 0 aromatic heterocycles. The van der Waals surface area contributed by atoms with Crippen LogP contribution in [0.25, 0.3) is 0 Å². The average Bonchev–Trinajstić information content (AvgIpc) is 2.80. The minimum Gasteiger partial charge on any atom is -0.484 e. The molecule has 1 aromatic rings. The van der Waals surface area contributed by atoms with Gasteiger partial charge >= 0.3 is 0 Å². The van der Waals surface area contributed by atoms with E-state index in [-0.39, 0.29) is 24.4 Å². The Labute approximate surface area is 117 Å². The molecule has 20 heavy (non-hydrogen) atoms. The van der Waals surface area contributed by atoms with Crippen LogP contribution in [0.5, 0.6) is 5.75 Å². The summed E-state index contributed by atoms with van der Waals surface area (Å²) in [6, 6.07) is 5.46. The van der Waals surface area contributed by atoms with Crippen molar-refractivity contribution in [3.05, 3.63) is 30.1 Å². The molecule has 0 unspecified atom stereocenters. The Bertz CT molecular complexity index is 464. The molecule has 1 aromatic carbocycles. The fraction of sp³-hybridized carbons (Fsp3) is 0.500. The Balaban J connectivity index is 1.85. The fourth-order valence-electron chi connectivity index (χ4n) is 2.25. The van der Waals surface area contributed by atoms with E-state index in [2.05, 4.69) is 0 Å². The molecule has 1 aliphatic heterocycles.